The zero-order chi connectivity index (χ0) is 20.7. The monoisotopic (exact) mass is 407 g/mol. The summed E-state index contributed by atoms with van der Waals surface area (Å²) in [5, 5.41) is 8.82. The van der Waals surface area contributed by atoms with Crippen LogP contribution < -0.4 is 0 Å². The summed E-state index contributed by atoms with van der Waals surface area (Å²) in [7, 11) is -1.22. The molecule has 0 aromatic carbocycles. The van der Waals surface area contributed by atoms with E-state index in [2.05, 4.69) is 38.4 Å². The maximum absolute atomic E-state index is 12.8. The van der Waals surface area contributed by atoms with Crippen molar-refractivity contribution >= 4 is 20.0 Å². The number of ketones is 1. The van der Waals surface area contributed by atoms with E-state index in [1.165, 1.54) is 0 Å². The van der Waals surface area contributed by atoms with Crippen LogP contribution in [0.3, 0.4) is 0 Å². The number of nitrogens with zero attached hydrogens (tertiary/aromatic N) is 1. The molecule has 1 saturated heterocycles. The molecule has 1 saturated carbocycles. The number of fused-ring (bicyclic) bond motifs is 1. The molecule has 1 aliphatic carbocycles. The summed E-state index contributed by atoms with van der Waals surface area (Å²) in [6.07, 6.45) is 4.69. The molecule has 0 spiro atoms. The molecule has 6 heteroatoms. The third-order valence-corrected chi connectivity index (χ3v) is 7.71. The molecule has 4 atom stereocenters. The predicted molar refractivity (Wildman–Crippen MR) is 114 cm³/mol. The zero-order valence-electron chi connectivity index (χ0n) is 18.0. The number of piperidine rings is 1. The number of rotatable bonds is 6. The number of carbonyl (C=O) groups is 2. The fourth-order valence-electron chi connectivity index (χ4n) is 4.63. The van der Waals surface area contributed by atoms with Crippen molar-refractivity contribution in [3.05, 3.63) is 0 Å². The van der Waals surface area contributed by atoms with Crippen LogP contribution in [0, 0.1) is 29.6 Å². The molecular formula is C22H37NO4Si. The summed E-state index contributed by atoms with van der Waals surface area (Å²) < 4.78 is 5.63. The lowest BCUT2D eigenvalue weighted by atomic mass is 9.66. The smallest absolute Gasteiger partial charge is 0.410 e. The zero-order valence-corrected chi connectivity index (χ0v) is 19.0. The first-order chi connectivity index (χ1) is 13.2. The quantitative estimate of drug-likeness (QED) is 0.411. The van der Waals surface area contributed by atoms with E-state index in [0.29, 0.717) is 31.3 Å². The molecule has 0 unspecified atom stereocenters. The Kier molecular flexibility index (Phi) is 8.57. The maximum atomic E-state index is 12.8. The van der Waals surface area contributed by atoms with Gasteiger partial charge in [0.15, 0.2) is 0 Å². The second kappa shape index (κ2) is 10.5. The van der Waals surface area contributed by atoms with Crippen molar-refractivity contribution in [3.63, 3.8) is 0 Å². The first-order valence-corrected chi connectivity index (χ1v) is 14.5. The summed E-state index contributed by atoms with van der Waals surface area (Å²) in [4.78, 5) is 27.0. The van der Waals surface area contributed by atoms with Gasteiger partial charge in [-0.3, -0.25) is 4.79 Å². The van der Waals surface area contributed by atoms with Gasteiger partial charge in [-0.2, -0.15) is 0 Å². The van der Waals surface area contributed by atoms with Crippen LogP contribution in [0.15, 0.2) is 0 Å². The molecule has 5 nitrogen and oxygen atoms in total. The van der Waals surface area contributed by atoms with Crippen molar-refractivity contribution in [2.24, 2.45) is 17.8 Å². The van der Waals surface area contributed by atoms with E-state index in [1.807, 2.05) is 4.90 Å². The first kappa shape index (κ1) is 23.0. The van der Waals surface area contributed by atoms with Crippen LogP contribution in [0.4, 0.5) is 4.79 Å². The van der Waals surface area contributed by atoms with Gasteiger partial charge in [0.05, 0.1) is 13.2 Å². The van der Waals surface area contributed by atoms with Gasteiger partial charge in [-0.15, -0.1) is 0 Å². The van der Waals surface area contributed by atoms with E-state index in [0.717, 1.165) is 38.3 Å². The van der Waals surface area contributed by atoms with Crippen LogP contribution >= 0.6 is 0 Å². The summed E-state index contributed by atoms with van der Waals surface area (Å²) in [6.45, 7) is 10.3. The Labute approximate surface area is 171 Å². The number of hydrogen-bond acceptors (Lipinski definition) is 4. The van der Waals surface area contributed by atoms with E-state index < -0.39 is 8.07 Å². The van der Waals surface area contributed by atoms with Gasteiger partial charge in [-0.1, -0.05) is 32.5 Å². The van der Waals surface area contributed by atoms with Crippen molar-refractivity contribution in [1.82, 2.24) is 4.90 Å². The highest BCUT2D eigenvalue weighted by Crippen LogP contribution is 2.43. The van der Waals surface area contributed by atoms with Crippen molar-refractivity contribution in [2.45, 2.75) is 77.2 Å². The molecule has 1 heterocycles. The van der Waals surface area contributed by atoms with Crippen molar-refractivity contribution < 1.29 is 19.4 Å². The maximum Gasteiger partial charge on any atom is 0.410 e. The van der Waals surface area contributed by atoms with Crippen LogP contribution in [0.1, 0.15) is 45.4 Å². The minimum absolute atomic E-state index is 0.0137. The molecule has 28 heavy (non-hydrogen) atoms. The van der Waals surface area contributed by atoms with Gasteiger partial charge in [0.1, 0.15) is 0 Å². The van der Waals surface area contributed by atoms with Gasteiger partial charge >= 0.3 is 6.09 Å². The number of amides is 1. The average molecular weight is 408 g/mol. The van der Waals surface area contributed by atoms with Crippen molar-refractivity contribution in [3.8, 4) is 11.8 Å². The third kappa shape index (κ3) is 6.93. The van der Waals surface area contributed by atoms with Crippen LogP contribution in [0.25, 0.3) is 0 Å². The lowest BCUT2D eigenvalue weighted by Crippen LogP contribution is -2.53. The number of hydrogen-bond donors (Lipinski definition) is 1. The van der Waals surface area contributed by atoms with Gasteiger partial charge in [-0.25, -0.2) is 4.79 Å². The molecule has 2 fully saturated rings. The summed E-state index contributed by atoms with van der Waals surface area (Å²) in [6, 6.07) is 1.17. The van der Waals surface area contributed by atoms with E-state index in [9.17, 15) is 9.59 Å². The number of aliphatic hydroxyl groups excluding tert-OH is 1. The molecule has 0 aromatic heterocycles. The topological polar surface area (TPSA) is 66.8 Å². The highest BCUT2D eigenvalue weighted by atomic mass is 28.3. The second-order valence-electron chi connectivity index (χ2n) is 9.73. The van der Waals surface area contributed by atoms with Crippen molar-refractivity contribution in [2.75, 3.05) is 19.8 Å². The van der Waals surface area contributed by atoms with Crippen LogP contribution in [-0.2, 0) is 9.53 Å². The number of aliphatic hydroxyl groups is 1. The van der Waals surface area contributed by atoms with Gasteiger partial charge in [0, 0.05) is 33.5 Å². The standard InChI is InChI=1S/C22H37NO4Si/c1-17-14-18(16-19(25)8-5-6-11-24)20-9-7-10-23(21(20)15-17)22(26)27-12-13-28(2,3)4/h17-18,20-21,24H,6-7,9-16H2,1-4H3/t17-,18-,20-,21+/m1/s1. The molecule has 1 amide bonds. The molecule has 2 rings (SSSR count). The Bertz CT molecular complexity index is 604. The minimum Gasteiger partial charge on any atom is -0.450 e. The fraction of sp³-hybridized carbons (Fsp3) is 0.818. The van der Waals surface area contributed by atoms with Crippen LogP contribution in [0.2, 0.25) is 25.7 Å². The minimum atomic E-state index is -1.22. The van der Waals surface area contributed by atoms with Gasteiger partial charge in [0.2, 0.25) is 5.78 Å². The normalized spacial score (nSPS) is 27.4. The third-order valence-electron chi connectivity index (χ3n) is 6.01. The molecule has 2 aliphatic rings. The molecule has 0 aromatic rings. The van der Waals surface area contributed by atoms with E-state index >= 15 is 0 Å². The van der Waals surface area contributed by atoms with Crippen molar-refractivity contribution in [1.29, 1.82) is 0 Å². The second-order valence-corrected chi connectivity index (χ2v) is 15.4. The first-order valence-electron chi connectivity index (χ1n) is 10.8. The Morgan fingerprint density at radius 1 is 1.25 bits per heavy atom. The summed E-state index contributed by atoms with van der Waals surface area (Å²) in [5.74, 6) is 6.49. The number of likely N-dealkylation sites (tertiary alicyclic amines) is 1. The molecule has 1 N–H and O–H groups in total. The highest BCUT2D eigenvalue weighted by Gasteiger charge is 2.43. The van der Waals surface area contributed by atoms with Gasteiger partial charge < -0.3 is 14.7 Å². The van der Waals surface area contributed by atoms with E-state index in [-0.39, 0.29) is 30.4 Å². The van der Waals surface area contributed by atoms with Gasteiger partial charge in [0.25, 0.3) is 0 Å². The Hall–Kier alpha value is -1.32. The SMILES string of the molecule is C[C@@H]1C[C@H](CC(=O)C#CCCO)[C@H]2CCCN(C(=O)OCC[Si](C)(C)C)[C@H]2C1. The molecular weight excluding hydrogens is 370 g/mol. The van der Waals surface area contributed by atoms with Crippen LogP contribution in [-0.4, -0.2) is 55.8 Å². The lowest BCUT2D eigenvalue weighted by Gasteiger charge is -2.48. The van der Waals surface area contributed by atoms with E-state index in [1.54, 1.807) is 0 Å². The Balaban J connectivity index is 2.00. The predicted octanol–water partition coefficient (Wildman–Crippen LogP) is 3.93. The van der Waals surface area contributed by atoms with Crippen LogP contribution in [0.5, 0.6) is 0 Å². The lowest BCUT2D eigenvalue weighted by molar-refractivity contribution is -0.116. The highest BCUT2D eigenvalue weighted by molar-refractivity contribution is 6.76. The molecule has 158 valence electrons. The molecule has 0 radical (unpaired) electrons. The summed E-state index contributed by atoms with van der Waals surface area (Å²) in [5.41, 5.74) is 0. The number of Topliss-reactive ketones (excluding diaryl/α,β-unsaturated/α-hetero) is 1. The number of carbonyl (C=O) groups excluding carboxylic acids is 2. The Morgan fingerprint density at radius 3 is 2.68 bits per heavy atom. The van der Waals surface area contributed by atoms with E-state index in [4.69, 9.17) is 9.84 Å². The largest absolute Gasteiger partial charge is 0.450 e. The Morgan fingerprint density at radius 2 is 2.00 bits per heavy atom. The molecule has 1 aliphatic heterocycles. The number of ether oxygens (including phenoxy) is 1. The summed E-state index contributed by atoms with van der Waals surface area (Å²) >= 11 is 0. The van der Waals surface area contributed by atoms with Gasteiger partial charge in [-0.05, 0) is 55.4 Å². The molecule has 0 bridgehead atoms. The fourth-order valence-corrected chi connectivity index (χ4v) is 5.35. The average Bonchev–Trinajstić information content (AvgIpc) is 2.60.